The van der Waals surface area contributed by atoms with Crippen molar-refractivity contribution in [3.05, 3.63) is 0 Å². The van der Waals surface area contributed by atoms with Crippen LogP contribution in [0.5, 0.6) is 0 Å². The van der Waals surface area contributed by atoms with Crippen molar-refractivity contribution >= 4 is 0 Å². The van der Waals surface area contributed by atoms with Gasteiger partial charge in [-0.05, 0) is 0 Å². The van der Waals surface area contributed by atoms with Gasteiger partial charge in [-0.15, -0.1) is 0 Å². The second-order valence-electron chi connectivity index (χ2n) is 3.97. The van der Waals surface area contributed by atoms with E-state index < -0.39 is 43.3 Å². The molecule has 0 aromatic carbocycles. The first-order valence-electron chi connectivity index (χ1n) is 5.04. The van der Waals surface area contributed by atoms with Crippen molar-refractivity contribution < 1.29 is 34.3 Å². The third-order valence-electron chi connectivity index (χ3n) is 2.88. The average Bonchev–Trinajstić information content (AvgIpc) is 2.62. The first-order valence-corrected chi connectivity index (χ1v) is 5.04. The van der Waals surface area contributed by atoms with E-state index in [1.54, 1.807) is 0 Å². The van der Waals surface area contributed by atoms with Gasteiger partial charge in [-0.25, -0.2) is 0 Å². The summed E-state index contributed by atoms with van der Waals surface area (Å²) in [6, 6.07) is 0. The van der Waals surface area contributed by atoms with Crippen LogP contribution in [0, 0.1) is 0 Å². The van der Waals surface area contributed by atoms with Gasteiger partial charge < -0.3 is 29.5 Å². The molecule has 2 heterocycles. The number of methoxy groups -OCH3 is 1. The minimum atomic E-state index is -1.31. The summed E-state index contributed by atoms with van der Waals surface area (Å²) < 4.78 is 20.8. The van der Waals surface area contributed by atoms with Gasteiger partial charge >= 0.3 is 0 Å². The molecule has 2 fully saturated rings. The SMILES string of the molecule is COC1(C)O[C@H]2O[C@H](CO)[C@H](O)[C@H](O)[C@H]2O1. The molecule has 2 aliphatic heterocycles. The van der Waals surface area contributed by atoms with Crippen LogP contribution >= 0.6 is 0 Å². The standard InChI is InChI=1S/C9H16O7/c1-9(13-2)15-7-6(12)5(11)4(3-10)14-8(7)16-9/h4-8,10-12H,3H2,1-2H3/t4-,5+,6+,7-,8-,9?/m1/s1. The van der Waals surface area contributed by atoms with E-state index in [4.69, 9.17) is 24.1 Å². The molecule has 0 aromatic heterocycles. The third kappa shape index (κ3) is 1.84. The van der Waals surface area contributed by atoms with E-state index in [0.29, 0.717) is 0 Å². The van der Waals surface area contributed by atoms with E-state index in [1.165, 1.54) is 14.0 Å². The summed E-state index contributed by atoms with van der Waals surface area (Å²) >= 11 is 0. The molecule has 0 radical (unpaired) electrons. The van der Waals surface area contributed by atoms with E-state index >= 15 is 0 Å². The lowest BCUT2D eigenvalue weighted by atomic mass is 9.99. The molecule has 2 rings (SSSR count). The fraction of sp³-hybridized carbons (Fsp3) is 1.00. The zero-order valence-corrected chi connectivity index (χ0v) is 9.07. The number of ether oxygens (including phenoxy) is 4. The molecule has 0 amide bonds. The highest BCUT2D eigenvalue weighted by Gasteiger charge is 2.55. The first kappa shape index (κ1) is 12.2. The van der Waals surface area contributed by atoms with Crippen LogP contribution in [0.2, 0.25) is 0 Å². The highest BCUT2D eigenvalue weighted by atomic mass is 16.9. The maximum Gasteiger partial charge on any atom is 0.282 e. The number of fused-ring (bicyclic) bond motifs is 1. The predicted molar refractivity (Wildman–Crippen MR) is 49.1 cm³/mol. The molecule has 7 heteroatoms. The van der Waals surface area contributed by atoms with Crippen LogP contribution in [0.4, 0.5) is 0 Å². The van der Waals surface area contributed by atoms with Crippen molar-refractivity contribution in [3.8, 4) is 0 Å². The minimum absolute atomic E-state index is 0.408. The summed E-state index contributed by atoms with van der Waals surface area (Å²) in [5.41, 5.74) is 0. The van der Waals surface area contributed by atoms with Gasteiger partial charge in [0.1, 0.15) is 24.4 Å². The number of aliphatic hydroxyl groups excluding tert-OH is 3. The summed E-state index contributed by atoms with van der Waals surface area (Å²) in [7, 11) is 1.39. The molecule has 0 aliphatic carbocycles. The second-order valence-corrected chi connectivity index (χ2v) is 3.97. The van der Waals surface area contributed by atoms with Crippen LogP contribution < -0.4 is 0 Å². The molecule has 0 aromatic rings. The van der Waals surface area contributed by atoms with Gasteiger partial charge in [0.05, 0.1) is 6.61 Å². The van der Waals surface area contributed by atoms with Gasteiger partial charge in [-0.3, -0.25) is 4.74 Å². The number of rotatable bonds is 2. The molecule has 2 saturated heterocycles. The zero-order chi connectivity index (χ0) is 11.9. The van der Waals surface area contributed by atoms with E-state index in [2.05, 4.69) is 0 Å². The smallest absolute Gasteiger partial charge is 0.282 e. The number of hydrogen-bond acceptors (Lipinski definition) is 7. The van der Waals surface area contributed by atoms with Crippen LogP contribution in [-0.4, -0.2) is 65.7 Å². The Morgan fingerprint density at radius 1 is 1.25 bits per heavy atom. The molecule has 3 N–H and O–H groups in total. The van der Waals surface area contributed by atoms with E-state index in [1.807, 2.05) is 0 Å². The Morgan fingerprint density at radius 2 is 1.94 bits per heavy atom. The topological polar surface area (TPSA) is 97.6 Å². The lowest BCUT2D eigenvalue weighted by molar-refractivity contribution is -0.334. The molecule has 1 unspecified atom stereocenters. The molecule has 7 nitrogen and oxygen atoms in total. The van der Waals surface area contributed by atoms with Crippen LogP contribution in [0.3, 0.4) is 0 Å². The third-order valence-corrected chi connectivity index (χ3v) is 2.88. The predicted octanol–water partition coefficient (Wildman–Crippen LogP) is -1.84. The maximum absolute atomic E-state index is 9.78. The van der Waals surface area contributed by atoms with Crippen LogP contribution in [-0.2, 0) is 18.9 Å². The summed E-state index contributed by atoms with van der Waals surface area (Å²) in [5.74, 6) is -1.31. The molecular weight excluding hydrogens is 220 g/mol. The highest BCUT2D eigenvalue weighted by Crippen LogP contribution is 2.36. The van der Waals surface area contributed by atoms with Crippen LogP contribution in [0.1, 0.15) is 6.92 Å². The Hall–Kier alpha value is -0.280. The van der Waals surface area contributed by atoms with E-state index in [9.17, 15) is 10.2 Å². The quantitative estimate of drug-likeness (QED) is 0.518. The zero-order valence-electron chi connectivity index (χ0n) is 9.07. The maximum atomic E-state index is 9.78. The molecule has 2 aliphatic rings. The molecular formula is C9H16O7. The lowest BCUT2D eigenvalue weighted by Gasteiger charge is -2.36. The fourth-order valence-corrected chi connectivity index (χ4v) is 1.86. The lowest BCUT2D eigenvalue weighted by Crippen LogP contribution is -2.57. The van der Waals surface area contributed by atoms with Crippen LogP contribution in [0.15, 0.2) is 0 Å². The fourth-order valence-electron chi connectivity index (χ4n) is 1.86. The molecule has 0 bridgehead atoms. The van der Waals surface area contributed by atoms with Crippen molar-refractivity contribution in [1.29, 1.82) is 0 Å². The highest BCUT2D eigenvalue weighted by molar-refractivity contribution is 4.93. The van der Waals surface area contributed by atoms with Crippen molar-refractivity contribution in [3.63, 3.8) is 0 Å². The molecule has 0 saturated carbocycles. The van der Waals surface area contributed by atoms with Gasteiger partial charge in [0.2, 0.25) is 0 Å². The molecule has 6 atom stereocenters. The molecule has 16 heavy (non-hydrogen) atoms. The summed E-state index contributed by atoms with van der Waals surface area (Å²) in [4.78, 5) is 0. The first-order chi connectivity index (χ1) is 7.50. The van der Waals surface area contributed by atoms with Gasteiger partial charge in [0.15, 0.2) is 6.29 Å². The van der Waals surface area contributed by atoms with E-state index in [0.717, 1.165) is 0 Å². The number of aliphatic hydroxyl groups is 3. The average molecular weight is 236 g/mol. The van der Waals surface area contributed by atoms with Crippen molar-refractivity contribution in [2.45, 2.75) is 43.6 Å². The van der Waals surface area contributed by atoms with E-state index in [-0.39, 0.29) is 0 Å². The van der Waals surface area contributed by atoms with Gasteiger partial charge in [0, 0.05) is 14.0 Å². The summed E-state index contributed by atoms with van der Waals surface area (Å²) in [5, 5.41) is 28.4. The van der Waals surface area contributed by atoms with Crippen molar-refractivity contribution in [1.82, 2.24) is 0 Å². The Labute approximate surface area is 92.5 Å². The largest absolute Gasteiger partial charge is 0.394 e. The Bertz CT molecular complexity index is 260. The van der Waals surface area contributed by atoms with Gasteiger partial charge in [0.25, 0.3) is 5.97 Å². The normalized spacial score (nSPS) is 52.7. The Balaban J connectivity index is 2.13. The molecule has 0 spiro atoms. The Morgan fingerprint density at radius 3 is 2.50 bits per heavy atom. The summed E-state index contributed by atoms with van der Waals surface area (Å²) in [6.07, 6.45) is -4.98. The van der Waals surface area contributed by atoms with Gasteiger partial charge in [-0.2, -0.15) is 0 Å². The summed E-state index contributed by atoms with van der Waals surface area (Å²) in [6.45, 7) is 1.12. The second kappa shape index (κ2) is 4.19. The minimum Gasteiger partial charge on any atom is -0.394 e. The van der Waals surface area contributed by atoms with Crippen molar-refractivity contribution in [2.75, 3.05) is 13.7 Å². The van der Waals surface area contributed by atoms with Crippen LogP contribution in [0.25, 0.3) is 0 Å². The monoisotopic (exact) mass is 236 g/mol. The number of hydrogen-bond donors (Lipinski definition) is 3. The molecule has 94 valence electrons. The van der Waals surface area contributed by atoms with Gasteiger partial charge in [-0.1, -0.05) is 0 Å². The Kier molecular flexibility index (Phi) is 3.19. The van der Waals surface area contributed by atoms with Crippen molar-refractivity contribution in [2.24, 2.45) is 0 Å².